The number of hydrogen-bond acceptors (Lipinski definition) is 5. The van der Waals surface area contributed by atoms with E-state index in [4.69, 9.17) is 0 Å². The summed E-state index contributed by atoms with van der Waals surface area (Å²) in [6.07, 6.45) is 1.89. The van der Waals surface area contributed by atoms with Crippen LogP contribution in [-0.2, 0) is 6.54 Å². The number of anilines is 1. The molecule has 0 bridgehead atoms. The lowest BCUT2D eigenvalue weighted by Crippen LogP contribution is -1.97. The van der Waals surface area contributed by atoms with E-state index in [2.05, 4.69) is 22.2 Å². The molecule has 5 heteroatoms. The van der Waals surface area contributed by atoms with Crippen molar-refractivity contribution in [1.82, 2.24) is 9.97 Å². The molecule has 0 aliphatic carbocycles. The van der Waals surface area contributed by atoms with Gasteiger partial charge in [-0.15, -0.1) is 22.7 Å². The summed E-state index contributed by atoms with van der Waals surface area (Å²) in [6.45, 7) is 6.97. The van der Waals surface area contributed by atoms with Crippen LogP contribution in [0.3, 0.4) is 0 Å². The fourth-order valence-electron chi connectivity index (χ4n) is 1.33. The van der Waals surface area contributed by atoms with E-state index in [0.29, 0.717) is 0 Å². The molecule has 0 unspecified atom stereocenters. The van der Waals surface area contributed by atoms with Gasteiger partial charge >= 0.3 is 0 Å². The molecule has 15 heavy (non-hydrogen) atoms. The Bertz CT molecular complexity index is 459. The molecule has 2 heterocycles. The highest BCUT2D eigenvalue weighted by Crippen LogP contribution is 2.21. The number of rotatable bonds is 3. The minimum atomic E-state index is 0.824. The van der Waals surface area contributed by atoms with E-state index in [1.165, 1.54) is 9.75 Å². The Morgan fingerprint density at radius 3 is 2.60 bits per heavy atom. The lowest BCUT2D eigenvalue weighted by atomic mass is 10.4. The van der Waals surface area contributed by atoms with Crippen LogP contribution >= 0.6 is 22.7 Å². The molecule has 2 aromatic rings. The van der Waals surface area contributed by atoms with Crippen LogP contribution in [0.1, 0.15) is 20.5 Å². The van der Waals surface area contributed by atoms with E-state index in [1.807, 2.05) is 20.0 Å². The van der Waals surface area contributed by atoms with E-state index in [-0.39, 0.29) is 0 Å². The Labute approximate surface area is 97.2 Å². The molecule has 0 aliphatic rings. The van der Waals surface area contributed by atoms with E-state index in [9.17, 15) is 0 Å². The van der Waals surface area contributed by atoms with Crippen LogP contribution in [-0.4, -0.2) is 9.97 Å². The highest BCUT2D eigenvalue weighted by molar-refractivity contribution is 7.15. The minimum absolute atomic E-state index is 0.824. The van der Waals surface area contributed by atoms with Gasteiger partial charge in [0.25, 0.3) is 0 Å². The number of nitrogens with zero attached hydrogens (tertiary/aromatic N) is 2. The first-order valence-electron chi connectivity index (χ1n) is 4.74. The molecule has 0 spiro atoms. The first-order chi connectivity index (χ1) is 7.15. The van der Waals surface area contributed by atoms with Crippen molar-refractivity contribution in [2.45, 2.75) is 27.3 Å². The Hall–Kier alpha value is -0.940. The summed E-state index contributed by atoms with van der Waals surface area (Å²) in [5, 5.41) is 5.42. The van der Waals surface area contributed by atoms with Crippen LogP contribution in [0, 0.1) is 20.8 Å². The van der Waals surface area contributed by atoms with E-state index in [0.717, 1.165) is 22.4 Å². The molecule has 80 valence electrons. The summed E-state index contributed by atoms with van der Waals surface area (Å²) in [6, 6.07) is 0. The molecule has 0 amide bonds. The Kier molecular flexibility index (Phi) is 3.02. The van der Waals surface area contributed by atoms with Crippen molar-refractivity contribution < 1.29 is 0 Å². The van der Waals surface area contributed by atoms with E-state index < -0.39 is 0 Å². The third kappa shape index (κ3) is 2.54. The second kappa shape index (κ2) is 4.28. The van der Waals surface area contributed by atoms with Gasteiger partial charge in [0.2, 0.25) is 0 Å². The summed E-state index contributed by atoms with van der Waals surface area (Å²) < 4.78 is 0. The molecule has 2 rings (SSSR count). The summed E-state index contributed by atoms with van der Waals surface area (Å²) in [5.74, 6) is 0. The number of nitrogens with one attached hydrogen (secondary N) is 1. The van der Waals surface area contributed by atoms with Gasteiger partial charge < -0.3 is 5.32 Å². The van der Waals surface area contributed by atoms with Crippen molar-refractivity contribution in [3.63, 3.8) is 0 Å². The van der Waals surface area contributed by atoms with Crippen LogP contribution in [0.4, 0.5) is 5.13 Å². The van der Waals surface area contributed by atoms with Crippen molar-refractivity contribution in [2.24, 2.45) is 0 Å². The topological polar surface area (TPSA) is 37.8 Å². The molecular formula is C10H13N3S2. The van der Waals surface area contributed by atoms with Crippen molar-refractivity contribution in [2.75, 3.05) is 5.32 Å². The molecule has 0 saturated carbocycles. The zero-order valence-electron chi connectivity index (χ0n) is 9.00. The fraction of sp³-hybridized carbons (Fsp3) is 0.400. The predicted octanol–water partition coefficient (Wildman–Crippen LogP) is 3.14. The molecule has 0 radical (unpaired) electrons. The average molecular weight is 239 g/mol. The van der Waals surface area contributed by atoms with Crippen LogP contribution < -0.4 is 5.32 Å². The zero-order chi connectivity index (χ0) is 10.8. The fourth-order valence-corrected chi connectivity index (χ4v) is 2.87. The Morgan fingerprint density at radius 1 is 1.27 bits per heavy atom. The standard InChI is InChI=1S/C10H13N3S2/c1-6-4-11-10(14-6)12-5-9-7(2)13-8(3)15-9/h4H,5H2,1-3H3,(H,11,12). The quantitative estimate of drug-likeness (QED) is 0.894. The highest BCUT2D eigenvalue weighted by atomic mass is 32.1. The Morgan fingerprint density at radius 2 is 2.07 bits per heavy atom. The largest absolute Gasteiger partial charge is 0.357 e. The van der Waals surface area contributed by atoms with Crippen molar-refractivity contribution >= 4 is 27.8 Å². The predicted molar refractivity (Wildman–Crippen MR) is 65.8 cm³/mol. The van der Waals surface area contributed by atoms with Crippen molar-refractivity contribution in [3.8, 4) is 0 Å². The van der Waals surface area contributed by atoms with E-state index in [1.54, 1.807) is 22.7 Å². The molecule has 0 saturated heterocycles. The average Bonchev–Trinajstić information content (AvgIpc) is 2.70. The normalized spacial score (nSPS) is 10.6. The van der Waals surface area contributed by atoms with Gasteiger partial charge in [-0.1, -0.05) is 0 Å². The van der Waals surface area contributed by atoms with Gasteiger partial charge in [-0.2, -0.15) is 0 Å². The molecular weight excluding hydrogens is 226 g/mol. The van der Waals surface area contributed by atoms with Gasteiger partial charge in [-0.25, -0.2) is 9.97 Å². The second-order valence-electron chi connectivity index (χ2n) is 3.37. The first kappa shape index (κ1) is 10.6. The molecule has 0 aliphatic heterocycles. The summed E-state index contributed by atoms with van der Waals surface area (Å²) in [5.41, 5.74) is 1.12. The maximum absolute atomic E-state index is 4.39. The molecule has 2 aromatic heterocycles. The maximum Gasteiger partial charge on any atom is 0.183 e. The lowest BCUT2D eigenvalue weighted by molar-refractivity contribution is 1.10. The number of aryl methyl sites for hydroxylation is 3. The molecule has 0 fully saturated rings. The molecule has 1 N–H and O–H groups in total. The van der Waals surface area contributed by atoms with Crippen LogP contribution in [0.25, 0.3) is 0 Å². The van der Waals surface area contributed by atoms with Gasteiger partial charge in [0.15, 0.2) is 5.13 Å². The molecule has 0 atom stereocenters. The summed E-state index contributed by atoms with van der Waals surface area (Å²) in [7, 11) is 0. The van der Waals surface area contributed by atoms with Crippen molar-refractivity contribution in [1.29, 1.82) is 0 Å². The maximum atomic E-state index is 4.39. The lowest BCUT2D eigenvalue weighted by Gasteiger charge is -1.99. The van der Waals surface area contributed by atoms with Gasteiger partial charge in [0.05, 0.1) is 17.2 Å². The SMILES string of the molecule is Cc1cnc(NCc2sc(C)nc2C)s1. The highest BCUT2D eigenvalue weighted by Gasteiger charge is 2.05. The number of aromatic nitrogens is 2. The van der Waals surface area contributed by atoms with Crippen LogP contribution in [0.5, 0.6) is 0 Å². The minimum Gasteiger partial charge on any atom is -0.357 e. The van der Waals surface area contributed by atoms with Gasteiger partial charge in [-0.05, 0) is 20.8 Å². The smallest absolute Gasteiger partial charge is 0.183 e. The van der Waals surface area contributed by atoms with Crippen molar-refractivity contribution in [3.05, 3.63) is 26.7 Å². The Balaban J connectivity index is 2.01. The first-order valence-corrected chi connectivity index (χ1v) is 6.37. The number of thiazole rings is 2. The molecule has 0 aromatic carbocycles. The summed E-state index contributed by atoms with van der Waals surface area (Å²) >= 11 is 3.43. The van der Waals surface area contributed by atoms with Gasteiger partial charge in [0, 0.05) is 16.0 Å². The molecule has 3 nitrogen and oxygen atoms in total. The zero-order valence-corrected chi connectivity index (χ0v) is 10.6. The second-order valence-corrected chi connectivity index (χ2v) is 5.89. The third-order valence-electron chi connectivity index (χ3n) is 2.02. The van der Waals surface area contributed by atoms with Crippen LogP contribution in [0.2, 0.25) is 0 Å². The monoisotopic (exact) mass is 239 g/mol. The van der Waals surface area contributed by atoms with Gasteiger partial charge in [-0.3, -0.25) is 0 Å². The van der Waals surface area contributed by atoms with Crippen LogP contribution in [0.15, 0.2) is 6.20 Å². The number of hydrogen-bond donors (Lipinski definition) is 1. The summed E-state index contributed by atoms with van der Waals surface area (Å²) in [4.78, 5) is 11.2. The van der Waals surface area contributed by atoms with Gasteiger partial charge in [0.1, 0.15) is 0 Å². The third-order valence-corrected chi connectivity index (χ3v) is 3.96. The van der Waals surface area contributed by atoms with E-state index >= 15 is 0 Å².